The number of halogens is 2. The van der Waals surface area contributed by atoms with Crippen LogP contribution in [0.25, 0.3) is 11.0 Å². The van der Waals surface area contributed by atoms with Crippen LogP contribution in [0, 0.1) is 12.7 Å². The third-order valence-corrected chi connectivity index (χ3v) is 5.64. The second-order valence-corrected chi connectivity index (χ2v) is 7.90. The highest BCUT2D eigenvalue weighted by Crippen LogP contribution is 2.39. The van der Waals surface area contributed by atoms with E-state index in [-0.39, 0.29) is 27.7 Å². The summed E-state index contributed by atoms with van der Waals surface area (Å²) in [6.45, 7) is 2.68. The Morgan fingerprint density at radius 1 is 1.21 bits per heavy atom. The summed E-state index contributed by atoms with van der Waals surface area (Å²) in [5, 5.41) is 0.712. The number of likely N-dealkylation sites (N-methyl/N-ethyl adjacent to an activating group) is 1. The molecule has 0 saturated heterocycles. The van der Waals surface area contributed by atoms with Gasteiger partial charge in [-0.25, -0.2) is 4.39 Å². The molecule has 5 nitrogen and oxygen atoms in total. The van der Waals surface area contributed by atoms with Crippen LogP contribution in [-0.4, -0.2) is 42.9 Å². The van der Waals surface area contributed by atoms with Gasteiger partial charge in [0, 0.05) is 23.7 Å². The maximum absolute atomic E-state index is 14.7. The van der Waals surface area contributed by atoms with E-state index in [9.17, 15) is 14.0 Å². The molecule has 150 valence electrons. The molecule has 0 radical (unpaired) electrons. The van der Waals surface area contributed by atoms with E-state index in [1.807, 2.05) is 19.0 Å². The molecule has 0 bridgehead atoms. The lowest BCUT2D eigenvalue weighted by Gasteiger charge is -2.26. The van der Waals surface area contributed by atoms with Crippen LogP contribution in [0.1, 0.15) is 33.3 Å². The highest BCUT2D eigenvalue weighted by molar-refractivity contribution is 6.32. The fraction of sp³-hybridized carbons (Fsp3) is 0.273. The molecule has 0 fully saturated rings. The quantitative estimate of drug-likeness (QED) is 0.647. The average molecular weight is 415 g/mol. The van der Waals surface area contributed by atoms with Gasteiger partial charge in [0.15, 0.2) is 5.43 Å². The maximum atomic E-state index is 14.7. The van der Waals surface area contributed by atoms with Gasteiger partial charge in [0.2, 0.25) is 5.76 Å². The highest BCUT2D eigenvalue weighted by Gasteiger charge is 2.43. The van der Waals surface area contributed by atoms with Gasteiger partial charge >= 0.3 is 0 Å². The molecule has 1 amide bonds. The van der Waals surface area contributed by atoms with Gasteiger partial charge in [0.05, 0.1) is 17.0 Å². The highest BCUT2D eigenvalue weighted by atomic mass is 35.5. The molecule has 0 saturated carbocycles. The van der Waals surface area contributed by atoms with Crippen LogP contribution in [0.3, 0.4) is 0 Å². The Kier molecular flexibility index (Phi) is 4.92. The molecule has 7 heteroatoms. The molecular weight excluding hydrogens is 395 g/mol. The summed E-state index contributed by atoms with van der Waals surface area (Å²) >= 11 is 6.21. The molecule has 0 N–H and O–H groups in total. The Balaban J connectivity index is 1.99. The number of fused-ring (bicyclic) bond motifs is 2. The number of nitrogens with zero attached hydrogens (tertiary/aromatic N) is 2. The van der Waals surface area contributed by atoms with E-state index >= 15 is 0 Å². The molecule has 1 aliphatic heterocycles. The smallest absolute Gasteiger partial charge is 0.290 e. The van der Waals surface area contributed by atoms with Crippen LogP contribution < -0.4 is 5.43 Å². The predicted octanol–water partition coefficient (Wildman–Crippen LogP) is 4.00. The first kappa shape index (κ1) is 19.6. The number of amides is 1. The number of hydrogen-bond acceptors (Lipinski definition) is 4. The van der Waals surface area contributed by atoms with Crippen LogP contribution in [0.4, 0.5) is 4.39 Å². The first-order chi connectivity index (χ1) is 13.8. The third-order valence-electron chi connectivity index (χ3n) is 5.23. The predicted molar refractivity (Wildman–Crippen MR) is 110 cm³/mol. The molecule has 0 spiro atoms. The van der Waals surface area contributed by atoms with Crippen molar-refractivity contribution in [3.63, 3.8) is 0 Å². The molecule has 1 aliphatic rings. The zero-order valence-corrected chi connectivity index (χ0v) is 17.1. The summed E-state index contributed by atoms with van der Waals surface area (Å²) in [4.78, 5) is 30.0. The summed E-state index contributed by atoms with van der Waals surface area (Å²) in [5.74, 6) is -0.924. The summed E-state index contributed by atoms with van der Waals surface area (Å²) in [5.41, 5.74) is 1.10. The van der Waals surface area contributed by atoms with Gasteiger partial charge in [-0.2, -0.15) is 0 Å². The molecule has 4 rings (SSSR count). The minimum Gasteiger partial charge on any atom is -0.450 e. The van der Waals surface area contributed by atoms with E-state index in [0.717, 1.165) is 5.56 Å². The standard InChI is InChI=1S/C22H20ClFN2O3/c1-12-10-17-14(11-15(12)23)20(27)18-19(13-6-4-5-7-16(13)24)26(9-8-25(2)3)22(28)21(18)29-17/h4-7,10-11,19H,8-9H2,1-3H3. The number of carbonyl (C=O) groups is 1. The van der Waals surface area contributed by atoms with Crippen LogP contribution in [0.15, 0.2) is 45.6 Å². The molecule has 1 atom stereocenters. The van der Waals surface area contributed by atoms with Crippen molar-refractivity contribution < 1.29 is 13.6 Å². The Labute approximate surface area is 172 Å². The van der Waals surface area contributed by atoms with Gasteiger partial charge < -0.3 is 14.2 Å². The third kappa shape index (κ3) is 3.22. The van der Waals surface area contributed by atoms with Gasteiger partial charge in [-0.15, -0.1) is 0 Å². The van der Waals surface area contributed by atoms with Crippen molar-refractivity contribution in [1.82, 2.24) is 9.80 Å². The van der Waals surface area contributed by atoms with E-state index in [1.54, 1.807) is 37.3 Å². The second kappa shape index (κ2) is 7.28. The van der Waals surface area contributed by atoms with Crippen molar-refractivity contribution in [2.24, 2.45) is 0 Å². The summed E-state index contributed by atoms with van der Waals surface area (Å²) in [7, 11) is 3.77. The van der Waals surface area contributed by atoms with Crippen LogP contribution >= 0.6 is 11.6 Å². The number of rotatable bonds is 4. The minimum absolute atomic E-state index is 0.0313. The Morgan fingerprint density at radius 2 is 1.93 bits per heavy atom. The zero-order valence-electron chi connectivity index (χ0n) is 16.3. The topological polar surface area (TPSA) is 53.8 Å². The van der Waals surface area contributed by atoms with Crippen molar-refractivity contribution in [3.05, 3.63) is 79.9 Å². The summed E-state index contributed by atoms with van der Waals surface area (Å²) in [6, 6.07) is 8.53. The Morgan fingerprint density at radius 3 is 2.62 bits per heavy atom. The fourth-order valence-corrected chi connectivity index (χ4v) is 3.86. The van der Waals surface area contributed by atoms with Gasteiger partial charge in [0.25, 0.3) is 5.91 Å². The van der Waals surface area contributed by atoms with Crippen molar-refractivity contribution in [1.29, 1.82) is 0 Å². The summed E-state index contributed by atoms with van der Waals surface area (Å²) < 4.78 is 20.6. The Bertz CT molecular complexity index is 1190. The van der Waals surface area contributed by atoms with Crippen LogP contribution in [-0.2, 0) is 0 Å². The first-order valence-electron chi connectivity index (χ1n) is 9.26. The lowest BCUT2D eigenvalue weighted by Crippen LogP contribution is -2.35. The SMILES string of the molecule is Cc1cc2oc3c(c(=O)c2cc1Cl)C(c1ccccc1F)N(CCN(C)C)C3=O. The normalized spacial score (nSPS) is 16.1. The summed E-state index contributed by atoms with van der Waals surface area (Å²) in [6.07, 6.45) is 0. The van der Waals surface area contributed by atoms with E-state index in [1.165, 1.54) is 11.0 Å². The van der Waals surface area contributed by atoms with Gasteiger partial charge in [-0.1, -0.05) is 29.8 Å². The van der Waals surface area contributed by atoms with Crippen molar-refractivity contribution in [3.8, 4) is 0 Å². The van der Waals surface area contributed by atoms with Gasteiger partial charge in [-0.3, -0.25) is 9.59 Å². The molecule has 1 aromatic heterocycles. The second-order valence-electron chi connectivity index (χ2n) is 7.50. The number of hydrogen-bond donors (Lipinski definition) is 0. The van der Waals surface area contributed by atoms with E-state index in [4.69, 9.17) is 16.0 Å². The molecule has 29 heavy (non-hydrogen) atoms. The molecule has 2 aromatic carbocycles. The van der Waals surface area contributed by atoms with E-state index < -0.39 is 17.8 Å². The number of carbonyl (C=O) groups excluding carboxylic acids is 1. The van der Waals surface area contributed by atoms with Gasteiger partial charge in [0.1, 0.15) is 11.4 Å². The molecule has 0 aliphatic carbocycles. The largest absolute Gasteiger partial charge is 0.450 e. The number of aryl methyl sites for hydroxylation is 1. The maximum Gasteiger partial charge on any atom is 0.290 e. The lowest BCUT2D eigenvalue weighted by atomic mass is 9.98. The van der Waals surface area contributed by atoms with E-state index in [2.05, 4.69) is 0 Å². The van der Waals surface area contributed by atoms with E-state index in [0.29, 0.717) is 23.7 Å². The molecule has 3 aromatic rings. The average Bonchev–Trinajstić information content (AvgIpc) is 2.94. The minimum atomic E-state index is -0.848. The Hall–Kier alpha value is -2.70. The first-order valence-corrected chi connectivity index (χ1v) is 9.64. The molecule has 2 heterocycles. The molecular formula is C22H20ClFN2O3. The van der Waals surface area contributed by atoms with Crippen molar-refractivity contribution in [2.75, 3.05) is 27.2 Å². The number of benzene rings is 2. The fourth-order valence-electron chi connectivity index (χ4n) is 3.70. The molecule has 1 unspecified atom stereocenters. The zero-order chi connectivity index (χ0) is 20.9. The van der Waals surface area contributed by atoms with Crippen molar-refractivity contribution in [2.45, 2.75) is 13.0 Å². The lowest BCUT2D eigenvalue weighted by molar-refractivity contribution is 0.0714. The van der Waals surface area contributed by atoms with Gasteiger partial charge in [-0.05, 0) is 44.8 Å². The van der Waals surface area contributed by atoms with Crippen molar-refractivity contribution >= 4 is 28.5 Å². The van der Waals surface area contributed by atoms with Crippen LogP contribution in [0.2, 0.25) is 5.02 Å². The van der Waals surface area contributed by atoms with Crippen LogP contribution in [0.5, 0.6) is 0 Å². The monoisotopic (exact) mass is 414 g/mol.